The molecular weight excluding hydrogens is 498 g/mol. The van der Waals surface area contributed by atoms with E-state index in [1.54, 1.807) is 54.2 Å². The van der Waals surface area contributed by atoms with Crippen molar-refractivity contribution in [3.05, 3.63) is 89.7 Å². The summed E-state index contributed by atoms with van der Waals surface area (Å²) in [5.41, 5.74) is 4.77. The van der Waals surface area contributed by atoms with Crippen LogP contribution in [0.4, 0.5) is 5.69 Å². The molecule has 0 bridgehead atoms. The van der Waals surface area contributed by atoms with Crippen molar-refractivity contribution in [2.45, 2.75) is 53.2 Å². The smallest absolute Gasteiger partial charge is 0.340 e. The molecule has 0 aliphatic heterocycles. The van der Waals surface area contributed by atoms with Crippen LogP contribution in [0, 0.1) is 5.92 Å². The average molecular weight is 534 g/mol. The number of aryl methyl sites for hydroxylation is 1. The van der Waals surface area contributed by atoms with Gasteiger partial charge in [-0.25, -0.2) is 14.6 Å². The topological polar surface area (TPSA) is 107 Å². The first-order valence-corrected chi connectivity index (χ1v) is 13.0. The third-order valence-electron chi connectivity index (χ3n) is 5.85. The summed E-state index contributed by atoms with van der Waals surface area (Å²) < 4.78 is 12.1. The van der Waals surface area contributed by atoms with Gasteiger partial charge in [0, 0.05) is 31.8 Å². The second-order valence-electron chi connectivity index (χ2n) is 9.41. The van der Waals surface area contributed by atoms with E-state index in [2.05, 4.69) is 5.43 Å². The number of amides is 2. The molecule has 0 saturated carbocycles. The van der Waals surface area contributed by atoms with Crippen LogP contribution in [0.1, 0.15) is 66.3 Å². The zero-order chi connectivity index (χ0) is 28.2. The highest BCUT2D eigenvalue weighted by Crippen LogP contribution is 2.17. The van der Waals surface area contributed by atoms with E-state index >= 15 is 0 Å². The predicted octanol–water partition coefficient (Wildman–Crippen LogP) is 4.91. The first-order valence-electron chi connectivity index (χ1n) is 13.0. The number of carbonyl (C=O) groups is 4. The number of ether oxygens (including phenoxy) is 2. The number of nitrogens with zero attached hydrogens (tertiary/aromatic N) is 2. The quantitative estimate of drug-likeness (QED) is 0.262. The second kappa shape index (κ2) is 14.5. The van der Waals surface area contributed by atoms with E-state index in [1.165, 1.54) is 5.01 Å². The summed E-state index contributed by atoms with van der Waals surface area (Å²) in [6.07, 6.45) is 4.32. The molecule has 1 heterocycles. The Morgan fingerprint density at radius 2 is 1.56 bits per heavy atom. The molecule has 1 aromatic heterocycles. The number of esters is 2. The zero-order valence-corrected chi connectivity index (χ0v) is 22.6. The number of carbonyl (C=O) groups excluding carboxylic acids is 4. The SMILES string of the molecule is CCOC(=O)c1ccc(N(NC(=O)CCn2ccc(C(=O)OCc3ccccc3)c2)C(=O)CCC(C)C)cc1. The molecule has 2 aromatic carbocycles. The van der Waals surface area contributed by atoms with Gasteiger partial charge in [-0.2, -0.15) is 0 Å². The number of nitrogens with one attached hydrogen (secondary N) is 1. The lowest BCUT2D eigenvalue weighted by Gasteiger charge is -2.24. The summed E-state index contributed by atoms with van der Waals surface area (Å²) in [6.45, 7) is 6.50. The molecule has 9 nitrogen and oxygen atoms in total. The van der Waals surface area contributed by atoms with Crippen molar-refractivity contribution in [2.75, 3.05) is 11.6 Å². The Morgan fingerprint density at radius 1 is 0.872 bits per heavy atom. The van der Waals surface area contributed by atoms with Crippen molar-refractivity contribution in [2.24, 2.45) is 5.92 Å². The largest absolute Gasteiger partial charge is 0.462 e. The Kier molecular flexibility index (Phi) is 10.9. The number of anilines is 1. The van der Waals surface area contributed by atoms with Crippen LogP contribution >= 0.6 is 0 Å². The fourth-order valence-electron chi connectivity index (χ4n) is 3.67. The minimum atomic E-state index is -0.458. The number of rotatable bonds is 12. The zero-order valence-electron chi connectivity index (χ0n) is 22.6. The molecular formula is C30H35N3O6. The van der Waals surface area contributed by atoms with Crippen LogP contribution in [0.2, 0.25) is 0 Å². The van der Waals surface area contributed by atoms with Crippen LogP contribution < -0.4 is 10.4 Å². The van der Waals surface area contributed by atoms with Crippen LogP contribution in [0.3, 0.4) is 0 Å². The van der Waals surface area contributed by atoms with Crippen LogP contribution in [-0.2, 0) is 32.2 Å². The Hall–Kier alpha value is -4.40. The lowest BCUT2D eigenvalue weighted by molar-refractivity contribution is -0.126. The highest BCUT2D eigenvalue weighted by atomic mass is 16.5. The minimum absolute atomic E-state index is 0.0715. The third kappa shape index (κ3) is 9.14. The third-order valence-corrected chi connectivity index (χ3v) is 5.85. The van der Waals surface area contributed by atoms with Gasteiger partial charge >= 0.3 is 11.9 Å². The van der Waals surface area contributed by atoms with E-state index in [0.717, 1.165) is 5.56 Å². The van der Waals surface area contributed by atoms with Crippen molar-refractivity contribution >= 4 is 29.4 Å². The normalized spacial score (nSPS) is 10.7. The monoisotopic (exact) mass is 533 g/mol. The Labute approximate surface area is 228 Å². The molecule has 0 spiro atoms. The first-order chi connectivity index (χ1) is 18.8. The van der Waals surface area contributed by atoms with Gasteiger partial charge in [-0.1, -0.05) is 44.2 Å². The predicted molar refractivity (Wildman–Crippen MR) is 147 cm³/mol. The summed E-state index contributed by atoms with van der Waals surface area (Å²) in [4.78, 5) is 50.2. The number of benzene rings is 2. The van der Waals surface area contributed by atoms with Crippen LogP contribution in [-0.4, -0.2) is 34.9 Å². The van der Waals surface area contributed by atoms with E-state index in [9.17, 15) is 19.2 Å². The van der Waals surface area contributed by atoms with E-state index in [-0.39, 0.29) is 37.9 Å². The molecule has 206 valence electrons. The minimum Gasteiger partial charge on any atom is -0.462 e. The highest BCUT2D eigenvalue weighted by molar-refractivity contribution is 5.97. The van der Waals surface area contributed by atoms with E-state index in [0.29, 0.717) is 35.7 Å². The fourth-order valence-corrected chi connectivity index (χ4v) is 3.67. The molecule has 3 aromatic rings. The molecule has 39 heavy (non-hydrogen) atoms. The van der Waals surface area contributed by atoms with Gasteiger partial charge in [0.15, 0.2) is 0 Å². The average Bonchev–Trinajstić information content (AvgIpc) is 3.42. The van der Waals surface area contributed by atoms with Gasteiger partial charge in [0.25, 0.3) is 0 Å². The Balaban J connectivity index is 1.59. The van der Waals surface area contributed by atoms with Gasteiger partial charge in [0.2, 0.25) is 11.8 Å². The van der Waals surface area contributed by atoms with Crippen LogP contribution in [0.25, 0.3) is 0 Å². The molecule has 0 aliphatic carbocycles. The highest BCUT2D eigenvalue weighted by Gasteiger charge is 2.20. The molecule has 0 aliphatic rings. The number of hydrazine groups is 1. The first kappa shape index (κ1) is 29.2. The standard InChI is InChI=1S/C30H35N3O6/c1-4-38-29(36)24-11-13-26(14-12-24)33(28(35)15-10-22(2)3)31-27(34)17-19-32-18-16-25(20-32)30(37)39-21-23-8-6-5-7-9-23/h5-9,11-14,16,18,20,22H,4,10,15,17,19,21H2,1-3H3,(H,31,34). The van der Waals surface area contributed by atoms with Crippen molar-refractivity contribution in [3.8, 4) is 0 Å². The van der Waals surface area contributed by atoms with Crippen LogP contribution in [0.5, 0.6) is 0 Å². The van der Waals surface area contributed by atoms with Gasteiger partial charge in [-0.3, -0.25) is 15.0 Å². The maximum atomic E-state index is 13.0. The van der Waals surface area contributed by atoms with Crippen molar-refractivity contribution < 1.29 is 28.7 Å². The Morgan fingerprint density at radius 3 is 2.23 bits per heavy atom. The molecule has 9 heteroatoms. The van der Waals surface area contributed by atoms with E-state index in [4.69, 9.17) is 9.47 Å². The molecule has 0 radical (unpaired) electrons. The van der Waals surface area contributed by atoms with Gasteiger partial charge in [0.1, 0.15) is 6.61 Å². The lowest BCUT2D eigenvalue weighted by atomic mass is 10.1. The van der Waals surface area contributed by atoms with E-state index in [1.807, 2.05) is 44.2 Å². The number of hydrogen-bond donors (Lipinski definition) is 1. The summed E-state index contributed by atoms with van der Waals surface area (Å²) in [6, 6.07) is 17.3. The van der Waals surface area contributed by atoms with Crippen molar-refractivity contribution in [1.82, 2.24) is 9.99 Å². The van der Waals surface area contributed by atoms with Gasteiger partial charge < -0.3 is 14.0 Å². The number of aromatic nitrogens is 1. The molecule has 3 rings (SSSR count). The van der Waals surface area contributed by atoms with Gasteiger partial charge in [0.05, 0.1) is 23.4 Å². The molecule has 0 unspecified atom stereocenters. The fraction of sp³-hybridized carbons (Fsp3) is 0.333. The summed E-state index contributed by atoms with van der Waals surface area (Å²) in [7, 11) is 0. The Bertz CT molecular complexity index is 1250. The lowest BCUT2D eigenvalue weighted by Crippen LogP contribution is -2.46. The summed E-state index contributed by atoms with van der Waals surface area (Å²) >= 11 is 0. The molecule has 0 fully saturated rings. The van der Waals surface area contributed by atoms with Crippen molar-refractivity contribution in [1.29, 1.82) is 0 Å². The molecule has 0 atom stereocenters. The summed E-state index contributed by atoms with van der Waals surface area (Å²) in [5.74, 6) is -1.22. The van der Waals surface area contributed by atoms with Gasteiger partial charge in [-0.05, 0) is 55.2 Å². The maximum absolute atomic E-state index is 13.0. The second-order valence-corrected chi connectivity index (χ2v) is 9.41. The molecule has 0 saturated heterocycles. The van der Waals surface area contributed by atoms with E-state index < -0.39 is 11.9 Å². The molecule has 1 N–H and O–H groups in total. The maximum Gasteiger partial charge on any atom is 0.340 e. The van der Waals surface area contributed by atoms with Crippen LogP contribution in [0.15, 0.2) is 73.1 Å². The van der Waals surface area contributed by atoms with Crippen molar-refractivity contribution in [3.63, 3.8) is 0 Å². The number of hydrogen-bond acceptors (Lipinski definition) is 6. The van der Waals surface area contributed by atoms with Gasteiger partial charge in [-0.15, -0.1) is 0 Å². The summed E-state index contributed by atoms with van der Waals surface area (Å²) in [5, 5.41) is 1.22. The molecule has 2 amide bonds.